The molecule has 41 heavy (non-hydrogen) atoms. The van der Waals surface area contributed by atoms with E-state index in [0.29, 0.717) is 38.9 Å². The van der Waals surface area contributed by atoms with Gasteiger partial charge in [0.15, 0.2) is 0 Å². The maximum atomic E-state index is 12.1. The van der Waals surface area contributed by atoms with Gasteiger partial charge in [-0.2, -0.15) is 0 Å². The summed E-state index contributed by atoms with van der Waals surface area (Å²) in [6.45, 7) is 13.4. The summed E-state index contributed by atoms with van der Waals surface area (Å²) in [5.41, 5.74) is 0. The highest BCUT2D eigenvalue weighted by Crippen LogP contribution is 2.03. The highest BCUT2D eigenvalue weighted by atomic mass is 16.2. The Labute approximate surface area is 242 Å². The monoisotopic (exact) mass is 580 g/mol. The van der Waals surface area contributed by atoms with Gasteiger partial charge in [-0.25, -0.2) is 0 Å². The average Bonchev–Trinajstić information content (AvgIpc) is 2.98. The highest BCUT2D eigenvalue weighted by molar-refractivity contribution is 5.87. The number of nitrogens with one attached hydrogen (secondary N) is 7. The van der Waals surface area contributed by atoms with Gasteiger partial charge in [-0.05, 0) is 6.08 Å². The first-order valence-electron chi connectivity index (χ1n) is 14.4. The number of carbonyl (C=O) groups is 5. The fourth-order valence-electron chi connectivity index (χ4n) is 4.30. The van der Waals surface area contributed by atoms with Crippen molar-refractivity contribution in [3.05, 3.63) is 12.7 Å². The van der Waals surface area contributed by atoms with Gasteiger partial charge < -0.3 is 46.6 Å². The van der Waals surface area contributed by atoms with E-state index in [-0.39, 0.29) is 56.0 Å². The molecule has 0 atom stereocenters. The van der Waals surface area contributed by atoms with Crippen molar-refractivity contribution in [2.45, 2.75) is 25.7 Å². The normalized spacial score (nSPS) is 16.4. The average molecular weight is 581 g/mol. The molecule has 0 bridgehead atoms. The second-order valence-corrected chi connectivity index (χ2v) is 9.95. The van der Waals surface area contributed by atoms with Crippen molar-refractivity contribution in [2.75, 3.05) is 98.5 Å². The minimum atomic E-state index is -0.357. The van der Waals surface area contributed by atoms with Crippen LogP contribution in [0.5, 0.6) is 0 Å². The Morgan fingerprint density at radius 2 is 1.00 bits per heavy atom. The molecule has 0 aromatic rings. The second kappa shape index (κ2) is 20.7. The summed E-state index contributed by atoms with van der Waals surface area (Å²) in [6, 6.07) is 0. The topological polar surface area (TPSA) is 179 Å². The Hall–Kier alpha value is -3.11. The van der Waals surface area contributed by atoms with E-state index >= 15 is 0 Å². The number of nitrogens with zero attached hydrogens (tertiary/aromatic N) is 3. The first-order chi connectivity index (χ1) is 19.9. The SMILES string of the molecule is C=CC(=O)NCNC(=O)CCNCNC(=O)CCN1CCN(CCC(=O)NCNC(=O)CCN2CCNCC2)CC1. The first kappa shape index (κ1) is 34.1. The molecule has 0 saturated carbocycles. The van der Waals surface area contributed by atoms with Crippen molar-refractivity contribution in [3.63, 3.8) is 0 Å². The predicted octanol–water partition coefficient (Wildman–Crippen LogP) is -3.70. The van der Waals surface area contributed by atoms with E-state index in [1.165, 1.54) is 0 Å². The van der Waals surface area contributed by atoms with Crippen LogP contribution in [0.4, 0.5) is 0 Å². The summed E-state index contributed by atoms with van der Waals surface area (Å²) >= 11 is 0. The molecular formula is C26H48N10O5. The van der Waals surface area contributed by atoms with Crippen LogP contribution in [-0.2, 0) is 24.0 Å². The fourth-order valence-corrected chi connectivity index (χ4v) is 4.30. The molecule has 0 radical (unpaired) electrons. The zero-order chi connectivity index (χ0) is 29.7. The van der Waals surface area contributed by atoms with E-state index in [1.54, 1.807) is 0 Å². The van der Waals surface area contributed by atoms with E-state index in [4.69, 9.17) is 0 Å². The van der Waals surface area contributed by atoms with E-state index in [9.17, 15) is 24.0 Å². The summed E-state index contributed by atoms with van der Waals surface area (Å²) in [6.07, 6.45) is 2.54. The lowest BCUT2D eigenvalue weighted by Gasteiger charge is -2.34. The lowest BCUT2D eigenvalue weighted by atomic mass is 10.2. The van der Waals surface area contributed by atoms with Gasteiger partial charge >= 0.3 is 0 Å². The summed E-state index contributed by atoms with van der Waals surface area (Å²) in [5, 5.41) is 19.6. The van der Waals surface area contributed by atoms with Crippen molar-refractivity contribution in [1.29, 1.82) is 0 Å². The van der Waals surface area contributed by atoms with E-state index in [0.717, 1.165) is 65.0 Å². The third-order valence-corrected chi connectivity index (χ3v) is 6.88. The van der Waals surface area contributed by atoms with Crippen LogP contribution in [0.25, 0.3) is 0 Å². The van der Waals surface area contributed by atoms with Gasteiger partial charge in [0.2, 0.25) is 29.5 Å². The number of carbonyl (C=O) groups excluding carboxylic acids is 5. The van der Waals surface area contributed by atoms with Crippen LogP contribution < -0.4 is 37.2 Å². The Morgan fingerprint density at radius 3 is 1.49 bits per heavy atom. The van der Waals surface area contributed by atoms with Gasteiger partial charge in [-0.1, -0.05) is 6.58 Å². The summed E-state index contributed by atoms with van der Waals surface area (Å²) < 4.78 is 0. The molecule has 2 saturated heterocycles. The van der Waals surface area contributed by atoms with Crippen LogP contribution in [0.1, 0.15) is 25.7 Å². The predicted molar refractivity (Wildman–Crippen MR) is 154 cm³/mol. The van der Waals surface area contributed by atoms with Crippen LogP contribution in [0.15, 0.2) is 12.7 Å². The van der Waals surface area contributed by atoms with E-state index in [2.05, 4.69) is 58.5 Å². The number of rotatable bonds is 19. The standard InChI is InChI=1S/C26H48N10O5/c1-2-22(37)30-20-31-23(38)3-7-28-19-29-24(39)5-11-35-15-17-36(18-16-35)12-6-26(41)33-21-32-25(40)4-10-34-13-8-27-9-14-34/h2,27-28H,1,3-21H2,(H,29,39)(H,30,37)(H,31,38)(H,32,40)(H,33,41). The zero-order valence-corrected chi connectivity index (χ0v) is 24.1. The number of amides is 5. The molecule has 15 nitrogen and oxygen atoms in total. The molecule has 0 unspecified atom stereocenters. The van der Waals surface area contributed by atoms with Gasteiger partial charge in [0.05, 0.1) is 20.0 Å². The Morgan fingerprint density at radius 1 is 0.585 bits per heavy atom. The minimum Gasteiger partial charge on any atom is -0.344 e. The van der Waals surface area contributed by atoms with Gasteiger partial charge in [0.25, 0.3) is 0 Å². The Bertz CT molecular complexity index is 845. The van der Waals surface area contributed by atoms with E-state index in [1.807, 2.05) is 0 Å². The van der Waals surface area contributed by atoms with Gasteiger partial charge in [0, 0.05) is 104 Å². The van der Waals surface area contributed by atoms with Crippen molar-refractivity contribution in [3.8, 4) is 0 Å². The Kier molecular flexibility index (Phi) is 17.2. The largest absolute Gasteiger partial charge is 0.344 e. The third-order valence-electron chi connectivity index (χ3n) is 6.88. The zero-order valence-electron chi connectivity index (χ0n) is 24.1. The first-order valence-corrected chi connectivity index (χ1v) is 14.4. The molecule has 0 aromatic heterocycles. The van der Waals surface area contributed by atoms with Gasteiger partial charge in [0.1, 0.15) is 0 Å². The summed E-state index contributed by atoms with van der Waals surface area (Å²) in [4.78, 5) is 65.6. The molecule has 5 amide bonds. The lowest BCUT2D eigenvalue weighted by Crippen LogP contribution is -2.48. The third kappa shape index (κ3) is 16.7. The molecule has 2 aliphatic heterocycles. The summed E-state index contributed by atoms with van der Waals surface area (Å²) in [7, 11) is 0. The van der Waals surface area contributed by atoms with Crippen molar-refractivity contribution >= 4 is 29.5 Å². The smallest absolute Gasteiger partial charge is 0.244 e. The minimum absolute atomic E-state index is 0.0445. The molecular weight excluding hydrogens is 532 g/mol. The molecule has 2 rings (SSSR count). The van der Waals surface area contributed by atoms with Crippen LogP contribution in [0.2, 0.25) is 0 Å². The molecule has 15 heteroatoms. The molecule has 0 aliphatic carbocycles. The fraction of sp³-hybridized carbons (Fsp3) is 0.731. The van der Waals surface area contributed by atoms with Crippen LogP contribution >= 0.6 is 0 Å². The molecule has 2 heterocycles. The number of hydrogen-bond acceptors (Lipinski definition) is 10. The molecule has 0 spiro atoms. The maximum Gasteiger partial charge on any atom is 0.244 e. The van der Waals surface area contributed by atoms with Gasteiger partial charge in [-0.3, -0.25) is 29.3 Å². The summed E-state index contributed by atoms with van der Waals surface area (Å²) in [5.74, 6) is -0.779. The molecule has 0 aromatic carbocycles. The van der Waals surface area contributed by atoms with Crippen LogP contribution in [-0.4, -0.2) is 143 Å². The quantitative estimate of drug-likeness (QED) is 0.0457. The second-order valence-electron chi connectivity index (χ2n) is 9.95. The van der Waals surface area contributed by atoms with Crippen molar-refractivity contribution in [1.82, 2.24) is 51.9 Å². The van der Waals surface area contributed by atoms with Crippen molar-refractivity contribution < 1.29 is 24.0 Å². The molecule has 2 aliphatic rings. The van der Waals surface area contributed by atoms with Crippen LogP contribution in [0, 0.1) is 0 Å². The number of piperazine rings is 2. The lowest BCUT2D eigenvalue weighted by molar-refractivity contribution is -0.124. The maximum absolute atomic E-state index is 12.1. The van der Waals surface area contributed by atoms with Crippen LogP contribution in [0.3, 0.4) is 0 Å². The Balaban J connectivity index is 1.41. The molecule has 7 N–H and O–H groups in total. The van der Waals surface area contributed by atoms with E-state index < -0.39 is 0 Å². The van der Waals surface area contributed by atoms with Crippen molar-refractivity contribution in [2.24, 2.45) is 0 Å². The molecule has 2 fully saturated rings. The highest BCUT2D eigenvalue weighted by Gasteiger charge is 2.18. The molecule has 232 valence electrons. The van der Waals surface area contributed by atoms with Gasteiger partial charge in [-0.15, -0.1) is 0 Å². The number of hydrogen-bond donors (Lipinski definition) is 7.